The molecule has 0 atom stereocenters. The van der Waals surface area contributed by atoms with Crippen LogP contribution in [0.3, 0.4) is 0 Å². The Morgan fingerprint density at radius 3 is 1.97 bits per heavy atom. The van der Waals surface area contributed by atoms with Crippen LogP contribution in [0.25, 0.3) is 0 Å². The van der Waals surface area contributed by atoms with Crippen LogP contribution in [0.4, 0.5) is 5.69 Å². The molecule has 0 saturated carbocycles. The standard InChI is InChI=1S/C24H39NOS4/c1-6-24(2,3)14-12-10-8-7-9-11-13-15-26-19-17-21-20(16-18(19)25(4)5)29-22(27)23(28)30-21/h16-17,27-28H,6-15H2,1-5H3. The maximum atomic E-state index is 6.20. The third-order valence-electron chi connectivity index (χ3n) is 5.82. The van der Waals surface area contributed by atoms with Crippen molar-refractivity contribution in [1.29, 1.82) is 0 Å². The first kappa shape index (κ1) is 26.2. The Labute approximate surface area is 204 Å². The number of nitrogens with zero attached hydrogens (tertiary/aromatic N) is 1. The number of anilines is 1. The minimum absolute atomic E-state index is 0.524. The molecule has 0 unspecified atom stereocenters. The molecule has 0 aliphatic carbocycles. The molecule has 2 rings (SSSR count). The molecule has 0 fully saturated rings. The van der Waals surface area contributed by atoms with Gasteiger partial charge in [0.05, 0.1) is 20.8 Å². The highest BCUT2D eigenvalue weighted by molar-refractivity contribution is 8.23. The van der Waals surface area contributed by atoms with E-state index in [9.17, 15) is 0 Å². The van der Waals surface area contributed by atoms with E-state index in [1.807, 2.05) is 0 Å². The van der Waals surface area contributed by atoms with Crippen LogP contribution in [0.2, 0.25) is 0 Å². The van der Waals surface area contributed by atoms with Gasteiger partial charge in [-0.2, -0.15) is 0 Å². The highest BCUT2D eigenvalue weighted by Gasteiger charge is 2.20. The van der Waals surface area contributed by atoms with E-state index in [4.69, 9.17) is 4.74 Å². The number of hydrogen-bond acceptors (Lipinski definition) is 6. The van der Waals surface area contributed by atoms with Crippen molar-refractivity contribution >= 4 is 54.5 Å². The van der Waals surface area contributed by atoms with E-state index in [2.05, 4.69) is 77.2 Å². The first-order valence-electron chi connectivity index (χ1n) is 11.2. The first-order valence-corrected chi connectivity index (χ1v) is 13.7. The van der Waals surface area contributed by atoms with Crippen LogP contribution >= 0.6 is 48.8 Å². The topological polar surface area (TPSA) is 12.5 Å². The number of thiol groups is 2. The van der Waals surface area contributed by atoms with E-state index in [1.54, 1.807) is 23.5 Å². The largest absolute Gasteiger partial charge is 0.491 e. The molecule has 0 saturated heterocycles. The number of thioether (sulfide) groups is 2. The predicted octanol–water partition coefficient (Wildman–Crippen LogP) is 8.87. The molecule has 1 heterocycles. The summed E-state index contributed by atoms with van der Waals surface area (Å²) in [6, 6.07) is 4.37. The third kappa shape index (κ3) is 8.48. The summed E-state index contributed by atoms with van der Waals surface area (Å²) in [5.41, 5.74) is 1.65. The quantitative estimate of drug-likeness (QED) is 0.214. The lowest BCUT2D eigenvalue weighted by Gasteiger charge is -2.23. The van der Waals surface area contributed by atoms with Crippen LogP contribution in [0.5, 0.6) is 5.75 Å². The lowest BCUT2D eigenvalue weighted by molar-refractivity contribution is 0.300. The van der Waals surface area contributed by atoms with Crippen LogP contribution in [0.15, 0.2) is 30.4 Å². The smallest absolute Gasteiger partial charge is 0.143 e. The Balaban J connectivity index is 1.70. The number of ether oxygens (including phenoxy) is 1. The molecule has 0 N–H and O–H groups in total. The fraction of sp³-hybridized carbons (Fsp3) is 0.667. The maximum Gasteiger partial charge on any atom is 0.143 e. The van der Waals surface area contributed by atoms with Crippen molar-refractivity contribution in [2.45, 2.75) is 88.3 Å². The van der Waals surface area contributed by atoms with Crippen LogP contribution in [-0.4, -0.2) is 20.7 Å². The summed E-state index contributed by atoms with van der Waals surface area (Å²) in [5, 5.41) is 0. The molecule has 2 nitrogen and oxygen atoms in total. The summed E-state index contributed by atoms with van der Waals surface area (Å²) in [7, 11) is 4.14. The molecule has 30 heavy (non-hydrogen) atoms. The van der Waals surface area contributed by atoms with Crippen molar-refractivity contribution in [3.05, 3.63) is 20.6 Å². The zero-order chi connectivity index (χ0) is 22.1. The van der Waals surface area contributed by atoms with Gasteiger partial charge in [0.15, 0.2) is 0 Å². The summed E-state index contributed by atoms with van der Waals surface area (Å²) in [6.07, 6.45) is 11.8. The minimum Gasteiger partial charge on any atom is -0.491 e. The summed E-state index contributed by atoms with van der Waals surface area (Å²) in [6.45, 7) is 7.86. The Morgan fingerprint density at radius 2 is 1.40 bits per heavy atom. The van der Waals surface area contributed by atoms with Crippen LogP contribution in [-0.2, 0) is 0 Å². The monoisotopic (exact) mass is 485 g/mol. The van der Waals surface area contributed by atoms with Gasteiger partial charge in [0.25, 0.3) is 0 Å². The molecule has 1 aliphatic heterocycles. The summed E-state index contributed by atoms with van der Waals surface area (Å²) < 4.78 is 8.11. The highest BCUT2D eigenvalue weighted by Crippen LogP contribution is 2.52. The molecule has 0 aromatic heterocycles. The zero-order valence-corrected chi connectivity index (χ0v) is 22.7. The fourth-order valence-electron chi connectivity index (χ4n) is 3.40. The van der Waals surface area contributed by atoms with Crippen molar-refractivity contribution in [3.8, 4) is 5.75 Å². The Hall–Kier alpha value is -0.0400. The van der Waals surface area contributed by atoms with E-state index in [0.29, 0.717) is 5.41 Å². The molecule has 0 bridgehead atoms. The van der Waals surface area contributed by atoms with Crippen molar-refractivity contribution in [2.75, 3.05) is 25.6 Å². The Bertz CT molecular complexity index is 715. The molecular formula is C24H39NOS4. The molecule has 1 aliphatic rings. The van der Waals surface area contributed by atoms with E-state index < -0.39 is 0 Å². The van der Waals surface area contributed by atoms with Crippen molar-refractivity contribution in [2.24, 2.45) is 5.41 Å². The van der Waals surface area contributed by atoms with Gasteiger partial charge in [0.2, 0.25) is 0 Å². The average molecular weight is 486 g/mol. The molecule has 6 heteroatoms. The third-order valence-corrected chi connectivity index (χ3v) is 9.46. The average Bonchev–Trinajstić information content (AvgIpc) is 2.69. The second-order valence-corrected chi connectivity index (χ2v) is 12.7. The summed E-state index contributed by atoms with van der Waals surface area (Å²) in [4.78, 5) is 4.55. The van der Waals surface area contributed by atoms with Crippen molar-refractivity contribution in [3.63, 3.8) is 0 Å². The van der Waals surface area contributed by atoms with Crippen LogP contribution < -0.4 is 9.64 Å². The lowest BCUT2D eigenvalue weighted by Crippen LogP contribution is -2.12. The van der Waals surface area contributed by atoms with Gasteiger partial charge in [-0.25, -0.2) is 0 Å². The van der Waals surface area contributed by atoms with Gasteiger partial charge in [0.1, 0.15) is 5.75 Å². The summed E-state index contributed by atoms with van der Waals surface area (Å²) in [5.74, 6) is 0.967. The van der Waals surface area contributed by atoms with E-state index in [1.165, 1.54) is 61.2 Å². The van der Waals surface area contributed by atoms with E-state index in [0.717, 1.165) is 32.9 Å². The normalized spacial score (nSPS) is 14.1. The molecule has 1 aromatic carbocycles. The minimum atomic E-state index is 0.524. The Morgan fingerprint density at radius 1 is 0.867 bits per heavy atom. The second kappa shape index (κ2) is 12.9. The van der Waals surface area contributed by atoms with Gasteiger partial charge >= 0.3 is 0 Å². The number of fused-ring (bicyclic) bond motifs is 1. The number of benzene rings is 1. The maximum absolute atomic E-state index is 6.20. The van der Waals surface area contributed by atoms with Gasteiger partial charge in [-0.1, -0.05) is 89.2 Å². The second-order valence-electron chi connectivity index (χ2n) is 9.07. The molecular weight excluding hydrogens is 447 g/mol. The molecule has 170 valence electrons. The van der Waals surface area contributed by atoms with Gasteiger partial charge < -0.3 is 9.64 Å². The fourth-order valence-corrected chi connectivity index (χ4v) is 6.01. The molecule has 0 amide bonds. The predicted molar refractivity (Wildman–Crippen MR) is 144 cm³/mol. The number of hydrogen-bond donors (Lipinski definition) is 2. The van der Waals surface area contributed by atoms with E-state index >= 15 is 0 Å². The number of unbranched alkanes of at least 4 members (excludes halogenated alkanes) is 6. The zero-order valence-electron chi connectivity index (χ0n) is 19.3. The molecule has 0 spiro atoms. The van der Waals surface area contributed by atoms with Gasteiger partial charge in [-0.05, 0) is 30.4 Å². The van der Waals surface area contributed by atoms with Crippen molar-refractivity contribution < 1.29 is 4.74 Å². The van der Waals surface area contributed by atoms with Crippen LogP contribution in [0, 0.1) is 5.41 Å². The van der Waals surface area contributed by atoms with Crippen LogP contribution in [0.1, 0.15) is 78.6 Å². The number of rotatable bonds is 13. The highest BCUT2D eigenvalue weighted by atomic mass is 32.2. The molecule has 0 radical (unpaired) electrons. The lowest BCUT2D eigenvalue weighted by atomic mass is 9.84. The van der Waals surface area contributed by atoms with Gasteiger partial charge in [0, 0.05) is 23.9 Å². The Kier molecular flexibility index (Phi) is 11.2. The SMILES string of the molecule is CCC(C)(C)CCCCCCCCCOc1cc2c(cc1N(C)C)SC(S)=C(S)S2. The first-order chi connectivity index (χ1) is 14.2. The summed E-state index contributed by atoms with van der Waals surface area (Å²) >= 11 is 12.4. The van der Waals surface area contributed by atoms with Gasteiger partial charge in [-0.3, -0.25) is 0 Å². The van der Waals surface area contributed by atoms with Gasteiger partial charge in [-0.15, -0.1) is 25.3 Å². The van der Waals surface area contributed by atoms with E-state index in [-0.39, 0.29) is 0 Å². The van der Waals surface area contributed by atoms with Crippen molar-refractivity contribution in [1.82, 2.24) is 0 Å². The molecule has 1 aromatic rings.